The van der Waals surface area contributed by atoms with Gasteiger partial charge in [-0.1, -0.05) is 28.1 Å². The highest BCUT2D eigenvalue weighted by atomic mass is 79.9. The van der Waals surface area contributed by atoms with E-state index in [0.29, 0.717) is 12.2 Å². The number of nitrogens with zero attached hydrogens (tertiary/aromatic N) is 4. The van der Waals surface area contributed by atoms with Gasteiger partial charge >= 0.3 is 0 Å². The van der Waals surface area contributed by atoms with Crippen molar-refractivity contribution < 1.29 is 4.79 Å². The topological polar surface area (TPSA) is 64.7 Å². The number of carbonyl (C=O) groups is 1. The Balaban J connectivity index is 1.58. The number of halogens is 1. The van der Waals surface area contributed by atoms with Crippen LogP contribution in [0.4, 0.5) is 5.69 Å². The van der Waals surface area contributed by atoms with E-state index < -0.39 is 0 Å². The lowest BCUT2D eigenvalue weighted by Crippen LogP contribution is -2.07. The fourth-order valence-electron chi connectivity index (χ4n) is 2.17. The second-order valence-corrected chi connectivity index (χ2v) is 6.24. The van der Waals surface area contributed by atoms with Gasteiger partial charge in [0.05, 0.1) is 24.6 Å². The van der Waals surface area contributed by atoms with Crippen molar-refractivity contribution in [1.82, 2.24) is 19.6 Å². The predicted molar refractivity (Wildman–Crippen MR) is 96.3 cm³/mol. The van der Waals surface area contributed by atoms with Crippen molar-refractivity contribution in [2.45, 2.75) is 6.54 Å². The minimum atomic E-state index is -0.206. The van der Waals surface area contributed by atoms with Crippen LogP contribution < -0.4 is 5.32 Å². The number of rotatable bonds is 5. The van der Waals surface area contributed by atoms with Crippen molar-refractivity contribution >= 4 is 33.6 Å². The van der Waals surface area contributed by atoms with Crippen LogP contribution in [0.25, 0.3) is 6.08 Å². The Hall–Kier alpha value is -2.67. The van der Waals surface area contributed by atoms with E-state index in [4.69, 9.17) is 0 Å². The molecule has 24 heavy (non-hydrogen) atoms. The molecule has 0 saturated heterocycles. The van der Waals surface area contributed by atoms with E-state index in [1.165, 1.54) is 6.08 Å². The van der Waals surface area contributed by atoms with Gasteiger partial charge < -0.3 is 5.32 Å². The Morgan fingerprint density at radius 1 is 1.21 bits per heavy atom. The highest BCUT2D eigenvalue weighted by Gasteiger charge is 2.03. The summed E-state index contributed by atoms with van der Waals surface area (Å²) in [5.41, 5.74) is 2.67. The lowest BCUT2D eigenvalue weighted by Gasteiger charge is -2.02. The Morgan fingerprint density at radius 3 is 2.71 bits per heavy atom. The SMILES string of the molecule is Cn1cc(/C=C/C(=O)Nc2cnn(Cc3ccc(Br)cc3)c2)cn1. The van der Waals surface area contributed by atoms with Crippen molar-refractivity contribution in [2.75, 3.05) is 5.32 Å². The molecule has 3 rings (SSSR count). The maximum atomic E-state index is 11.9. The smallest absolute Gasteiger partial charge is 0.248 e. The molecular weight excluding hydrogens is 370 g/mol. The lowest BCUT2D eigenvalue weighted by atomic mass is 10.2. The van der Waals surface area contributed by atoms with Gasteiger partial charge in [-0.2, -0.15) is 10.2 Å². The lowest BCUT2D eigenvalue weighted by molar-refractivity contribution is -0.111. The van der Waals surface area contributed by atoms with Crippen molar-refractivity contribution in [3.63, 3.8) is 0 Å². The van der Waals surface area contributed by atoms with Gasteiger partial charge in [0.2, 0.25) is 5.91 Å². The minimum Gasteiger partial charge on any atom is -0.320 e. The van der Waals surface area contributed by atoms with Gasteiger partial charge in [0, 0.05) is 35.6 Å². The molecule has 1 aromatic carbocycles. The van der Waals surface area contributed by atoms with E-state index in [-0.39, 0.29) is 5.91 Å². The van der Waals surface area contributed by atoms with E-state index in [0.717, 1.165) is 15.6 Å². The molecule has 0 atom stereocenters. The average molecular weight is 386 g/mol. The second-order valence-electron chi connectivity index (χ2n) is 5.32. The van der Waals surface area contributed by atoms with E-state index in [9.17, 15) is 4.79 Å². The first-order chi connectivity index (χ1) is 11.6. The van der Waals surface area contributed by atoms with Gasteiger partial charge in [0.15, 0.2) is 0 Å². The minimum absolute atomic E-state index is 0.206. The van der Waals surface area contributed by atoms with E-state index in [1.54, 1.807) is 34.0 Å². The summed E-state index contributed by atoms with van der Waals surface area (Å²) < 4.78 is 4.51. The van der Waals surface area contributed by atoms with Crippen LogP contribution in [-0.4, -0.2) is 25.5 Å². The fraction of sp³-hybridized carbons (Fsp3) is 0.118. The summed E-state index contributed by atoms with van der Waals surface area (Å²) in [5.74, 6) is -0.206. The summed E-state index contributed by atoms with van der Waals surface area (Å²) in [7, 11) is 1.83. The summed E-state index contributed by atoms with van der Waals surface area (Å²) in [6.45, 7) is 0.647. The number of carbonyl (C=O) groups excluding carboxylic acids is 1. The molecule has 0 aliphatic rings. The fourth-order valence-corrected chi connectivity index (χ4v) is 2.44. The number of nitrogens with one attached hydrogen (secondary N) is 1. The van der Waals surface area contributed by atoms with Crippen LogP contribution in [0.15, 0.2) is 59.6 Å². The van der Waals surface area contributed by atoms with Crippen LogP contribution in [0.2, 0.25) is 0 Å². The number of hydrogen-bond acceptors (Lipinski definition) is 3. The molecule has 2 heterocycles. The second kappa shape index (κ2) is 7.27. The van der Waals surface area contributed by atoms with Crippen LogP contribution in [0, 0.1) is 0 Å². The molecule has 3 aromatic rings. The average Bonchev–Trinajstić information content (AvgIpc) is 3.17. The summed E-state index contributed by atoms with van der Waals surface area (Å²) in [6, 6.07) is 8.04. The molecule has 6 nitrogen and oxygen atoms in total. The van der Waals surface area contributed by atoms with Crippen molar-refractivity contribution in [1.29, 1.82) is 0 Å². The van der Waals surface area contributed by atoms with E-state index in [1.807, 2.05) is 37.5 Å². The maximum absolute atomic E-state index is 11.9. The Labute approximate surface area is 147 Å². The van der Waals surface area contributed by atoms with Gasteiger partial charge in [-0.25, -0.2) is 0 Å². The molecule has 0 unspecified atom stereocenters. The number of anilines is 1. The molecule has 0 bridgehead atoms. The zero-order chi connectivity index (χ0) is 16.9. The van der Waals surface area contributed by atoms with Gasteiger partial charge in [-0.15, -0.1) is 0 Å². The quantitative estimate of drug-likeness (QED) is 0.686. The molecule has 122 valence electrons. The summed E-state index contributed by atoms with van der Waals surface area (Å²) in [4.78, 5) is 11.9. The van der Waals surface area contributed by atoms with Gasteiger partial charge in [0.25, 0.3) is 0 Å². The predicted octanol–water partition coefficient (Wildman–Crippen LogP) is 3.08. The van der Waals surface area contributed by atoms with Crippen LogP contribution in [-0.2, 0) is 18.4 Å². The Morgan fingerprint density at radius 2 is 2.00 bits per heavy atom. The van der Waals surface area contributed by atoms with Crippen molar-refractivity contribution in [2.24, 2.45) is 7.05 Å². The summed E-state index contributed by atoms with van der Waals surface area (Å²) in [6.07, 6.45) is 10.2. The monoisotopic (exact) mass is 385 g/mol. The van der Waals surface area contributed by atoms with Crippen LogP contribution in [0.1, 0.15) is 11.1 Å². The largest absolute Gasteiger partial charge is 0.320 e. The molecule has 1 N–H and O–H groups in total. The van der Waals surface area contributed by atoms with Gasteiger partial charge in [0.1, 0.15) is 0 Å². The molecule has 0 radical (unpaired) electrons. The normalized spacial score (nSPS) is 11.1. The number of aryl methyl sites for hydroxylation is 1. The molecule has 0 aliphatic heterocycles. The third kappa shape index (κ3) is 4.42. The highest BCUT2D eigenvalue weighted by molar-refractivity contribution is 9.10. The molecule has 0 fully saturated rings. The zero-order valence-electron chi connectivity index (χ0n) is 13.1. The first kappa shape index (κ1) is 16.2. The third-order valence-corrected chi connectivity index (χ3v) is 3.84. The number of hydrogen-bond donors (Lipinski definition) is 1. The molecule has 2 aromatic heterocycles. The molecule has 1 amide bonds. The molecule has 0 aliphatic carbocycles. The third-order valence-electron chi connectivity index (χ3n) is 3.31. The maximum Gasteiger partial charge on any atom is 0.248 e. The standard InChI is InChI=1S/C17H16BrN5O/c1-22-10-14(8-19-22)4-7-17(24)21-16-9-20-23(12-16)11-13-2-5-15(18)6-3-13/h2-10,12H,11H2,1H3,(H,21,24)/b7-4+. The zero-order valence-corrected chi connectivity index (χ0v) is 14.6. The summed E-state index contributed by atoms with van der Waals surface area (Å²) >= 11 is 3.41. The van der Waals surface area contributed by atoms with Crippen LogP contribution in [0.3, 0.4) is 0 Å². The number of benzene rings is 1. The molecular formula is C17H16BrN5O. The van der Waals surface area contributed by atoms with Crippen LogP contribution >= 0.6 is 15.9 Å². The van der Waals surface area contributed by atoms with Gasteiger partial charge in [-0.05, 0) is 23.8 Å². The molecule has 0 spiro atoms. The Kier molecular flexibility index (Phi) is 4.90. The molecule has 7 heteroatoms. The van der Waals surface area contributed by atoms with Crippen molar-refractivity contribution in [3.8, 4) is 0 Å². The highest BCUT2D eigenvalue weighted by Crippen LogP contribution is 2.12. The number of amides is 1. The first-order valence-corrected chi connectivity index (χ1v) is 8.12. The van der Waals surface area contributed by atoms with Crippen LogP contribution in [0.5, 0.6) is 0 Å². The van der Waals surface area contributed by atoms with E-state index in [2.05, 4.69) is 31.4 Å². The van der Waals surface area contributed by atoms with Gasteiger partial charge in [-0.3, -0.25) is 14.2 Å². The van der Waals surface area contributed by atoms with Crippen molar-refractivity contribution in [3.05, 3.63) is 70.7 Å². The van der Waals surface area contributed by atoms with E-state index >= 15 is 0 Å². The Bertz CT molecular complexity index is 863. The molecule has 0 saturated carbocycles. The number of aromatic nitrogens is 4. The first-order valence-electron chi connectivity index (χ1n) is 7.33. The summed E-state index contributed by atoms with van der Waals surface area (Å²) in [5, 5.41) is 11.1.